The van der Waals surface area contributed by atoms with E-state index in [4.69, 9.17) is 9.47 Å². The number of aromatic nitrogens is 1. The van der Waals surface area contributed by atoms with Gasteiger partial charge < -0.3 is 30.1 Å². The van der Waals surface area contributed by atoms with Gasteiger partial charge in [-0.05, 0) is 44.2 Å². The van der Waals surface area contributed by atoms with Gasteiger partial charge in [-0.3, -0.25) is 14.6 Å². The highest BCUT2D eigenvalue weighted by molar-refractivity contribution is 5.90. The molecular formula is C23H36N4O5. The zero-order valence-electron chi connectivity index (χ0n) is 19.4. The number of aliphatic hydroxyl groups excluding tert-OH is 1. The van der Waals surface area contributed by atoms with E-state index < -0.39 is 30.7 Å². The Kier molecular flexibility index (Phi) is 8.58. The van der Waals surface area contributed by atoms with Crippen LogP contribution in [-0.2, 0) is 25.6 Å². The molecule has 3 heterocycles. The van der Waals surface area contributed by atoms with E-state index in [1.165, 1.54) is 0 Å². The van der Waals surface area contributed by atoms with Crippen molar-refractivity contribution in [3.05, 3.63) is 29.6 Å². The van der Waals surface area contributed by atoms with Crippen LogP contribution in [0.25, 0.3) is 0 Å². The minimum Gasteiger partial charge on any atom is -0.368 e. The molecule has 0 aromatic carbocycles. The SMILES string of the molecule is CCO[C@@H]1OC(O)C[C@@H]1NC(=O)[C@@H]1CCCN1C(=O)[C@@H](NCc1cccnc1C)C(C)C. The number of amides is 2. The molecule has 0 aliphatic carbocycles. The van der Waals surface area contributed by atoms with Crippen molar-refractivity contribution in [2.75, 3.05) is 13.2 Å². The Hall–Kier alpha value is -2.07. The van der Waals surface area contributed by atoms with E-state index in [2.05, 4.69) is 15.6 Å². The van der Waals surface area contributed by atoms with E-state index in [1.807, 2.05) is 39.8 Å². The molecule has 2 fully saturated rings. The Morgan fingerprint density at radius 3 is 2.88 bits per heavy atom. The lowest BCUT2D eigenvalue weighted by atomic mass is 10.0. The molecule has 178 valence electrons. The first-order valence-corrected chi connectivity index (χ1v) is 11.5. The third kappa shape index (κ3) is 5.83. The maximum atomic E-state index is 13.4. The third-order valence-electron chi connectivity index (χ3n) is 6.13. The maximum Gasteiger partial charge on any atom is 0.243 e. The summed E-state index contributed by atoms with van der Waals surface area (Å²) in [6.45, 7) is 9.27. The summed E-state index contributed by atoms with van der Waals surface area (Å²) in [5.74, 6) is -0.235. The number of likely N-dealkylation sites (tertiary alicyclic amines) is 1. The highest BCUT2D eigenvalue weighted by atomic mass is 16.7. The molecule has 3 rings (SSSR count). The van der Waals surface area contributed by atoms with Crippen molar-refractivity contribution >= 4 is 11.8 Å². The highest BCUT2D eigenvalue weighted by Gasteiger charge is 2.41. The normalized spacial score (nSPS) is 26.5. The quantitative estimate of drug-likeness (QED) is 0.518. The first-order chi connectivity index (χ1) is 15.3. The summed E-state index contributed by atoms with van der Waals surface area (Å²) in [5.41, 5.74) is 1.97. The zero-order valence-corrected chi connectivity index (χ0v) is 19.4. The molecule has 2 amide bonds. The van der Waals surface area contributed by atoms with E-state index in [9.17, 15) is 14.7 Å². The molecule has 1 aromatic rings. The summed E-state index contributed by atoms with van der Waals surface area (Å²) in [6.07, 6.45) is 1.75. The van der Waals surface area contributed by atoms with Gasteiger partial charge in [-0.25, -0.2) is 0 Å². The van der Waals surface area contributed by atoms with Gasteiger partial charge in [0.05, 0.1) is 12.1 Å². The zero-order chi connectivity index (χ0) is 23.3. The Morgan fingerprint density at radius 1 is 1.41 bits per heavy atom. The number of nitrogens with one attached hydrogen (secondary N) is 2. The Morgan fingerprint density at radius 2 is 2.19 bits per heavy atom. The van der Waals surface area contributed by atoms with E-state index >= 15 is 0 Å². The van der Waals surface area contributed by atoms with Crippen LogP contribution in [0.3, 0.4) is 0 Å². The summed E-state index contributed by atoms with van der Waals surface area (Å²) >= 11 is 0. The number of ether oxygens (including phenoxy) is 2. The highest BCUT2D eigenvalue weighted by Crippen LogP contribution is 2.24. The topological polar surface area (TPSA) is 113 Å². The second-order valence-electron chi connectivity index (χ2n) is 8.81. The molecule has 1 unspecified atom stereocenters. The van der Waals surface area contributed by atoms with E-state index in [-0.39, 0.29) is 24.2 Å². The molecular weight excluding hydrogens is 412 g/mol. The number of nitrogens with zero attached hydrogens (tertiary/aromatic N) is 2. The Labute approximate surface area is 189 Å². The fourth-order valence-corrected chi connectivity index (χ4v) is 4.37. The number of aliphatic hydroxyl groups is 1. The number of pyridine rings is 1. The van der Waals surface area contributed by atoms with Crippen LogP contribution in [-0.4, -0.2) is 70.7 Å². The number of hydrogen-bond acceptors (Lipinski definition) is 7. The third-order valence-corrected chi connectivity index (χ3v) is 6.13. The fourth-order valence-electron chi connectivity index (χ4n) is 4.37. The van der Waals surface area contributed by atoms with Gasteiger partial charge in [0.15, 0.2) is 12.6 Å². The molecule has 1 aromatic heterocycles. The molecule has 0 bridgehead atoms. The number of aryl methyl sites for hydroxylation is 1. The van der Waals surface area contributed by atoms with Crippen LogP contribution < -0.4 is 10.6 Å². The van der Waals surface area contributed by atoms with Crippen LogP contribution in [0.2, 0.25) is 0 Å². The van der Waals surface area contributed by atoms with Gasteiger partial charge in [-0.1, -0.05) is 19.9 Å². The molecule has 3 N–H and O–H groups in total. The number of hydrogen-bond donors (Lipinski definition) is 3. The average molecular weight is 449 g/mol. The van der Waals surface area contributed by atoms with Crippen molar-refractivity contribution in [1.82, 2.24) is 20.5 Å². The van der Waals surface area contributed by atoms with Crippen LogP contribution in [0, 0.1) is 12.8 Å². The van der Waals surface area contributed by atoms with Gasteiger partial charge >= 0.3 is 0 Å². The molecule has 2 aliphatic rings. The minimum atomic E-state index is -0.969. The summed E-state index contributed by atoms with van der Waals surface area (Å²) in [4.78, 5) is 32.5. The van der Waals surface area contributed by atoms with Crippen molar-refractivity contribution < 1.29 is 24.2 Å². The molecule has 0 spiro atoms. The lowest BCUT2D eigenvalue weighted by Crippen LogP contribution is -2.55. The fraction of sp³-hybridized carbons (Fsp3) is 0.696. The molecule has 32 heavy (non-hydrogen) atoms. The molecule has 2 saturated heterocycles. The van der Waals surface area contributed by atoms with Crippen molar-refractivity contribution in [2.45, 2.75) is 84.2 Å². The lowest BCUT2D eigenvalue weighted by Gasteiger charge is -2.31. The van der Waals surface area contributed by atoms with Gasteiger partial charge in [0, 0.05) is 38.0 Å². The lowest BCUT2D eigenvalue weighted by molar-refractivity contribution is -0.188. The largest absolute Gasteiger partial charge is 0.368 e. The van der Waals surface area contributed by atoms with Crippen molar-refractivity contribution in [3.8, 4) is 0 Å². The standard InChI is InChI=1S/C23H36N4O5/c1-5-31-23-17(12-19(28)32-23)26-21(29)18-9-7-11-27(18)22(30)20(14(2)3)25-13-16-8-6-10-24-15(16)4/h6,8,10,14,17-20,23,25,28H,5,7,9,11-13H2,1-4H3,(H,26,29)/t17-,18-,19?,20-,23+/m0/s1. The van der Waals surface area contributed by atoms with Crippen LogP contribution in [0.1, 0.15) is 51.3 Å². The van der Waals surface area contributed by atoms with Crippen LogP contribution in [0.15, 0.2) is 18.3 Å². The maximum absolute atomic E-state index is 13.4. The van der Waals surface area contributed by atoms with Gasteiger partial charge in [0.1, 0.15) is 6.04 Å². The first kappa shape index (κ1) is 24.6. The smallest absolute Gasteiger partial charge is 0.243 e. The summed E-state index contributed by atoms with van der Waals surface area (Å²) in [6, 6.07) is 2.50. The van der Waals surface area contributed by atoms with Crippen molar-refractivity contribution in [3.63, 3.8) is 0 Å². The molecule has 0 radical (unpaired) electrons. The van der Waals surface area contributed by atoms with Crippen molar-refractivity contribution in [2.24, 2.45) is 5.92 Å². The molecule has 9 heteroatoms. The van der Waals surface area contributed by atoms with Crippen LogP contribution in [0.5, 0.6) is 0 Å². The Bertz CT molecular complexity index is 789. The van der Waals surface area contributed by atoms with Gasteiger partial charge in [0.25, 0.3) is 0 Å². The second kappa shape index (κ2) is 11.2. The van der Waals surface area contributed by atoms with Gasteiger partial charge in [-0.2, -0.15) is 0 Å². The number of carbonyl (C=O) groups is 2. The first-order valence-electron chi connectivity index (χ1n) is 11.5. The Balaban J connectivity index is 1.64. The van der Waals surface area contributed by atoms with E-state index in [1.54, 1.807) is 11.1 Å². The summed E-state index contributed by atoms with van der Waals surface area (Å²) < 4.78 is 10.8. The minimum absolute atomic E-state index is 0.0597. The van der Waals surface area contributed by atoms with Crippen LogP contribution >= 0.6 is 0 Å². The predicted molar refractivity (Wildman–Crippen MR) is 118 cm³/mol. The number of carbonyl (C=O) groups excluding carboxylic acids is 2. The second-order valence-corrected chi connectivity index (χ2v) is 8.81. The van der Waals surface area contributed by atoms with Crippen LogP contribution in [0.4, 0.5) is 0 Å². The molecule has 9 nitrogen and oxygen atoms in total. The summed E-state index contributed by atoms with van der Waals surface area (Å²) in [7, 11) is 0. The monoisotopic (exact) mass is 448 g/mol. The average Bonchev–Trinajstić information content (AvgIpc) is 3.36. The van der Waals surface area contributed by atoms with E-state index in [0.29, 0.717) is 26.1 Å². The molecule has 5 atom stereocenters. The van der Waals surface area contributed by atoms with Gasteiger partial charge in [-0.15, -0.1) is 0 Å². The van der Waals surface area contributed by atoms with Crippen molar-refractivity contribution in [1.29, 1.82) is 0 Å². The molecule has 0 saturated carbocycles. The van der Waals surface area contributed by atoms with Gasteiger partial charge in [0.2, 0.25) is 11.8 Å². The predicted octanol–water partition coefficient (Wildman–Crippen LogP) is 1.08. The number of rotatable bonds is 9. The molecule has 2 aliphatic heterocycles. The summed E-state index contributed by atoms with van der Waals surface area (Å²) in [5, 5.41) is 16.1. The van der Waals surface area contributed by atoms with E-state index in [0.717, 1.165) is 17.7 Å².